The third-order valence-electron chi connectivity index (χ3n) is 3.96. The standard InChI is InChI=1S/C21H14N2O2/c24-14-22-19-12-6-4-10-17(19)21(16-8-2-1-3-9-16)18-11-5-7-13-20(18)23-15-25/h1-13,21H. The fourth-order valence-corrected chi connectivity index (χ4v) is 2.94. The molecule has 3 aromatic rings. The van der Waals surface area contributed by atoms with Crippen LogP contribution in [0.2, 0.25) is 0 Å². The molecule has 0 spiro atoms. The third-order valence-corrected chi connectivity index (χ3v) is 3.96. The molecule has 0 N–H and O–H groups in total. The molecular formula is C21H14N2O2. The fourth-order valence-electron chi connectivity index (χ4n) is 2.94. The number of isocyanates is 2. The van der Waals surface area contributed by atoms with Crippen molar-refractivity contribution in [2.24, 2.45) is 9.98 Å². The molecule has 0 radical (unpaired) electrons. The lowest BCUT2D eigenvalue weighted by Crippen LogP contribution is -2.04. The number of rotatable bonds is 5. The Kier molecular flexibility index (Phi) is 5.08. The summed E-state index contributed by atoms with van der Waals surface area (Å²) in [5.74, 6) is -0.234. The minimum atomic E-state index is -0.234. The number of hydrogen-bond donors (Lipinski definition) is 0. The van der Waals surface area contributed by atoms with Gasteiger partial charge in [-0.25, -0.2) is 9.59 Å². The Morgan fingerprint density at radius 1 is 0.600 bits per heavy atom. The zero-order valence-electron chi connectivity index (χ0n) is 13.3. The maximum atomic E-state index is 10.8. The minimum absolute atomic E-state index is 0.234. The quantitative estimate of drug-likeness (QED) is 0.384. The minimum Gasteiger partial charge on any atom is -0.211 e. The molecule has 0 heterocycles. The second-order valence-corrected chi connectivity index (χ2v) is 5.37. The van der Waals surface area contributed by atoms with E-state index in [1.54, 1.807) is 24.3 Å². The summed E-state index contributed by atoms with van der Waals surface area (Å²) in [6.07, 6.45) is 3.22. The Morgan fingerprint density at radius 3 is 1.52 bits per heavy atom. The average Bonchev–Trinajstić information content (AvgIpc) is 2.66. The first-order valence-corrected chi connectivity index (χ1v) is 7.73. The molecule has 0 aliphatic carbocycles. The van der Waals surface area contributed by atoms with E-state index in [1.807, 2.05) is 66.7 Å². The second kappa shape index (κ2) is 7.80. The van der Waals surface area contributed by atoms with E-state index in [1.165, 1.54) is 0 Å². The molecule has 0 atom stereocenters. The van der Waals surface area contributed by atoms with Gasteiger partial charge in [-0.15, -0.1) is 0 Å². The van der Waals surface area contributed by atoms with Crippen molar-refractivity contribution in [2.75, 3.05) is 0 Å². The largest absolute Gasteiger partial charge is 0.240 e. The lowest BCUT2D eigenvalue weighted by molar-refractivity contribution is 0.564. The molecule has 4 nitrogen and oxygen atoms in total. The highest BCUT2D eigenvalue weighted by Crippen LogP contribution is 2.40. The second-order valence-electron chi connectivity index (χ2n) is 5.37. The van der Waals surface area contributed by atoms with Crippen molar-refractivity contribution in [3.8, 4) is 0 Å². The van der Waals surface area contributed by atoms with Crippen LogP contribution in [0.1, 0.15) is 22.6 Å². The number of aliphatic imine (C=N–C) groups is 2. The molecular weight excluding hydrogens is 312 g/mol. The molecule has 0 amide bonds. The van der Waals surface area contributed by atoms with Crippen LogP contribution >= 0.6 is 0 Å². The van der Waals surface area contributed by atoms with Crippen molar-refractivity contribution >= 4 is 23.5 Å². The van der Waals surface area contributed by atoms with Crippen LogP contribution in [0.25, 0.3) is 0 Å². The van der Waals surface area contributed by atoms with Gasteiger partial charge in [0, 0.05) is 5.92 Å². The molecule has 0 aliphatic rings. The number of hydrogen-bond acceptors (Lipinski definition) is 4. The van der Waals surface area contributed by atoms with Crippen molar-refractivity contribution in [1.82, 2.24) is 0 Å². The van der Waals surface area contributed by atoms with E-state index in [0.717, 1.165) is 16.7 Å². The van der Waals surface area contributed by atoms with Gasteiger partial charge in [-0.05, 0) is 28.8 Å². The first-order chi connectivity index (χ1) is 12.3. The van der Waals surface area contributed by atoms with E-state index in [2.05, 4.69) is 9.98 Å². The molecule has 0 fully saturated rings. The molecule has 0 saturated heterocycles. The van der Waals surface area contributed by atoms with Gasteiger partial charge in [0.05, 0.1) is 11.4 Å². The summed E-state index contributed by atoms with van der Waals surface area (Å²) in [4.78, 5) is 29.3. The zero-order chi connectivity index (χ0) is 17.5. The topological polar surface area (TPSA) is 58.9 Å². The van der Waals surface area contributed by atoms with Crippen molar-refractivity contribution in [3.05, 3.63) is 95.6 Å². The smallest absolute Gasteiger partial charge is 0.211 e. The summed E-state index contributed by atoms with van der Waals surface area (Å²) in [5.41, 5.74) is 3.76. The predicted octanol–water partition coefficient (Wildman–Crippen LogP) is 4.80. The van der Waals surface area contributed by atoms with Crippen LogP contribution in [0, 0.1) is 0 Å². The average molecular weight is 326 g/mol. The van der Waals surface area contributed by atoms with Crippen LogP contribution in [0.15, 0.2) is 88.8 Å². The number of nitrogens with zero attached hydrogens (tertiary/aromatic N) is 2. The van der Waals surface area contributed by atoms with Crippen molar-refractivity contribution in [2.45, 2.75) is 5.92 Å². The predicted molar refractivity (Wildman–Crippen MR) is 95.8 cm³/mol. The summed E-state index contributed by atoms with van der Waals surface area (Å²) in [6.45, 7) is 0. The molecule has 0 aromatic heterocycles. The van der Waals surface area contributed by atoms with Gasteiger partial charge < -0.3 is 0 Å². The maximum absolute atomic E-state index is 10.8. The van der Waals surface area contributed by atoms with Gasteiger partial charge in [0.15, 0.2) is 0 Å². The Morgan fingerprint density at radius 2 is 1.04 bits per heavy atom. The summed E-state index contributed by atoms with van der Waals surface area (Å²) >= 11 is 0. The number of benzene rings is 3. The highest BCUT2D eigenvalue weighted by Gasteiger charge is 2.22. The van der Waals surface area contributed by atoms with Crippen LogP contribution in [0.4, 0.5) is 11.4 Å². The monoisotopic (exact) mass is 326 g/mol. The van der Waals surface area contributed by atoms with Crippen molar-refractivity contribution in [1.29, 1.82) is 0 Å². The van der Waals surface area contributed by atoms with E-state index >= 15 is 0 Å². The molecule has 0 bridgehead atoms. The summed E-state index contributed by atoms with van der Waals surface area (Å²) in [6, 6.07) is 24.6. The molecule has 0 unspecified atom stereocenters. The van der Waals surface area contributed by atoms with Crippen LogP contribution < -0.4 is 0 Å². The lowest BCUT2D eigenvalue weighted by Gasteiger charge is -2.21. The van der Waals surface area contributed by atoms with E-state index in [0.29, 0.717) is 11.4 Å². The van der Waals surface area contributed by atoms with Gasteiger partial charge in [-0.3, -0.25) is 0 Å². The Hall–Kier alpha value is -3.58. The van der Waals surface area contributed by atoms with E-state index in [9.17, 15) is 9.59 Å². The zero-order valence-corrected chi connectivity index (χ0v) is 13.3. The van der Waals surface area contributed by atoms with E-state index < -0.39 is 0 Å². The summed E-state index contributed by atoms with van der Waals surface area (Å²) < 4.78 is 0. The SMILES string of the molecule is O=C=Nc1ccccc1C(c1ccccc1)c1ccccc1N=C=O. The van der Waals surface area contributed by atoms with E-state index in [-0.39, 0.29) is 5.92 Å². The van der Waals surface area contributed by atoms with Crippen LogP contribution in [-0.4, -0.2) is 12.2 Å². The highest BCUT2D eigenvalue weighted by atomic mass is 16.1. The van der Waals surface area contributed by atoms with Crippen LogP contribution in [0.5, 0.6) is 0 Å². The van der Waals surface area contributed by atoms with Crippen molar-refractivity contribution < 1.29 is 9.59 Å². The fraction of sp³-hybridized carbons (Fsp3) is 0.0476. The first kappa shape index (κ1) is 16.3. The number of carbonyl (C=O) groups excluding carboxylic acids is 2. The molecule has 25 heavy (non-hydrogen) atoms. The molecule has 0 aliphatic heterocycles. The normalized spacial score (nSPS) is 11.0. The Labute approximate surface area is 145 Å². The van der Waals surface area contributed by atoms with Crippen LogP contribution in [0.3, 0.4) is 0 Å². The van der Waals surface area contributed by atoms with Gasteiger partial charge in [0.25, 0.3) is 0 Å². The highest BCUT2D eigenvalue weighted by molar-refractivity contribution is 5.64. The summed E-state index contributed by atoms with van der Waals surface area (Å²) in [5, 5.41) is 0. The Balaban J connectivity index is 2.30. The molecule has 3 rings (SSSR count). The van der Waals surface area contributed by atoms with Crippen molar-refractivity contribution in [3.63, 3.8) is 0 Å². The van der Waals surface area contributed by atoms with Gasteiger partial charge in [-0.1, -0.05) is 66.7 Å². The lowest BCUT2D eigenvalue weighted by atomic mass is 9.83. The molecule has 4 heteroatoms. The van der Waals surface area contributed by atoms with Gasteiger partial charge >= 0.3 is 0 Å². The third kappa shape index (κ3) is 3.51. The van der Waals surface area contributed by atoms with E-state index in [4.69, 9.17) is 0 Å². The molecule has 0 saturated carbocycles. The van der Waals surface area contributed by atoms with Gasteiger partial charge in [0.1, 0.15) is 0 Å². The first-order valence-electron chi connectivity index (χ1n) is 7.73. The van der Waals surface area contributed by atoms with Crippen LogP contribution in [-0.2, 0) is 9.59 Å². The van der Waals surface area contributed by atoms with Gasteiger partial charge in [-0.2, -0.15) is 9.98 Å². The Bertz CT molecular complexity index is 908. The number of para-hydroxylation sites is 2. The molecule has 3 aromatic carbocycles. The maximum Gasteiger partial charge on any atom is 0.240 e. The summed E-state index contributed by atoms with van der Waals surface area (Å²) in [7, 11) is 0. The molecule has 120 valence electrons. The van der Waals surface area contributed by atoms with Gasteiger partial charge in [0.2, 0.25) is 12.2 Å².